The third-order valence-corrected chi connectivity index (χ3v) is 2.28. The molecule has 0 aromatic heterocycles. The van der Waals surface area contributed by atoms with Gasteiger partial charge in [0, 0.05) is 0 Å². The van der Waals surface area contributed by atoms with Gasteiger partial charge in [-0.15, -0.1) is 0 Å². The first-order valence-electron chi connectivity index (χ1n) is 5.16. The summed E-state index contributed by atoms with van der Waals surface area (Å²) in [5, 5.41) is 10.9. The lowest BCUT2D eigenvalue weighted by molar-refractivity contribution is 0.0572. The molecule has 0 amide bonds. The van der Waals surface area contributed by atoms with Gasteiger partial charge in [0.15, 0.2) is 0 Å². The molecule has 0 N–H and O–H groups in total. The normalized spacial score (nSPS) is 10.8. The van der Waals surface area contributed by atoms with Crippen LogP contribution in [-0.2, 0) is 11.5 Å². The molecule has 0 aliphatic carbocycles. The molecule has 0 fully saturated rings. The topological polar surface area (TPSA) is 37.0 Å². The highest BCUT2D eigenvalue weighted by molar-refractivity contribution is 5.90. The molecule has 0 heterocycles. The van der Waals surface area contributed by atoms with E-state index in [1.165, 1.54) is 0 Å². The smallest absolute Gasteiger partial charge is 0.241 e. The lowest BCUT2D eigenvalue weighted by atomic mass is 9.97. The van der Waals surface area contributed by atoms with Crippen molar-refractivity contribution in [2.24, 2.45) is 0 Å². The summed E-state index contributed by atoms with van der Waals surface area (Å²) in [6.45, 7) is 3.95. The van der Waals surface area contributed by atoms with E-state index in [1.54, 1.807) is 12.1 Å². The molecule has 2 heteroatoms. The molecule has 79 valence electrons. The molecule has 1 rings (SSSR count). The molecule has 2 nitrogen and oxygen atoms in total. The van der Waals surface area contributed by atoms with Gasteiger partial charge in [-0.3, -0.25) is 0 Å². The van der Waals surface area contributed by atoms with Crippen LogP contribution in [0.3, 0.4) is 0 Å². The molecule has 1 aromatic rings. The van der Waals surface area contributed by atoms with Crippen LogP contribution in [0.15, 0.2) is 24.3 Å². The van der Waals surface area contributed by atoms with Crippen LogP contribution < -0.4 is 0 Å². The standard InChI is InChI=1S/C13H15O2/c1-3-6-10-8-5-9-12(13(14)15)11(10)7-4-2/h3,5-6,8-9H,4,7H2,1-2H3/b6-3+. The van der Waals surface area contributed by atoms with Crippen LogP contribution in [0.4, 0.5) is 0 Å². The summed E-state index contributed by atoms with van der Waals surface area (Å²) in [7, 11) is 0. The predicted octanol–water partition coefficient (Wildman–Crippen LogP) is 3.24. The fraction of sp³-hybridized carbons (Fsp3) is 0.308. The number of benzene rings is 1. The van der Waals surface area contributed by atoms with Gasteiger partial charge in [0.2, 0.25) is 0 Å². The van der Waals surface area contributed by atoms with E-state index >= 15 is 0 Å². The van der Waals surface area contributed by atoms with Crippen molar-refractivity contribution in [1.82, 2.24) is 0 Å². The molecule has 0 bridgehead atoms. The molecule has 15 heavy (non-hydrogen) atoms. The van der Waals surface area contributed by atoms with Crippen molar-refractivity contribution in [1.29, 1.82) is 0 Å². The minimum Gasteiger partial charge on any atom is -0.241 e. The first kappa shape index (κ1) is 11.5. The quantitative estimate of drug-likeness (QED) is 0.740. The maximum Gasteiger partial charge on any atom is 0.386 e. The number of hydrogen-bond acceptors (Lipinski definition) is 1. The maximum atomic E-state index is 10.9. The molecule has 0 spiro atoms. The van der Waals surface area contributed by atoms with Crippen molar-refractivity contribution < 1.29 is 9.90 Å². The Bertz CT molecular complexity index is 378. The van der Waals surface area contributed by atoms with E-state index in [4.69, 9.17) is 0 Å². The van der Waals surface area contributed by atoms with Gasteiger partial charge >= 0.3 is 5.97 Å². The lowest BCUT2D eigenvalue weighted by Gasteiger charge is -2.07. The number of carbonyl (C=O) groups excluding carboxylic acids is 1. The van der Waals surface area contributed by atoms with E-state index in [9.17, 15) is 9.90 Å². The third-order valence-electron chi connectivity index (χ3n) is 2.28. The van der Waals surface area contributed by atoms with Crippen LogP contribution in [0, 0.1) is 0 Å². The van der Waals surface area contributed by atoms with Crippen LogP contribution in [0.1, 0.15) is 41.8 Å². The Morgan fingerprint density at radius 1 is 1.40 bits per heavy atom. The number of hydrogen-bond donors (Lipinski definition) is 0. The molecule has 0 aliphatic rings. The van der Waals surface area contributed by atoms with Crippen LogP contribution in [0.25, 0.3) is 6.08 Å². The van der Waals surface area contributed by atoms with Crippen molar-refractivity contribution in [2.45, 2.75) is 26.7 Å². The van der Waals surface area contributed by atoms with Gasteiger partial charge in [0.05, 0.1) is 5.56 Å². The summed E-state index contributed by atoms with van der Waals surface area (Å²) in [4.78, 5) is 10.9. The Hall–Kier alpha value is -1.57. The van der Waals surface area contributed by atoms with E-state index in [0.29, 0.717) is 5.56 Å². The van der Waals surface area contributed by atoms with E-state index in [0.717, 1.165) is 24.0 Å². The first-order valence-corrected chi connectivity index (χ1v) is 5.16. The second-order valence-corrected chi connectivity index (χ2v) is 3.41. The highest BCUT2D eigenvalue weighted by Gasteiger charge is 2.12. The van der Waals surface area contributed by atoms with Crippen molar-refractivity contribution in [3.8, 4) is 0 Å². The largest absolute Gasteiger partial charge is 0.386 e. The maximum absolute atomic E-state index is 10.9. The minimum atomic E-state index is -1.09. The van der Waals surface area contributed by atoms with Gasteiger partial charge in [-0.1, -0.05) is 37.6 Å². The fourth-order valence-electron chi connectivity index (χ4n) is 1.66. The number of carbonyl (C=O) groups is 1. The van der Waals surface area contributed by atoms with Crippen molar-refractivity contribution in [3.05, 3.63) is 41.0 Å². The van der Waals surface area contributed by atoms with Crippen molar-refractivity contribution >= 4 is 12.0 Å². The summed E-state index contributed by atoms with van der Waals surface area (Å²) < 4.78 is 0. The number of rotatable bonds is 4. The van der Waals surface area contributed by atoms with Gasteiger partial charge in [-0.2, -0.15) is 0 Å². The molecule has 0 aliphatic heterocycles. The Balaban J connectivity index is 3.27. The van der Waals surface area contributed by atoms with Gasteiger partial charge in [-0.05, 0) is 30.5 Å². The Morgan fingerprint density at radius 2 is 2.13 bits per heavy atom. The monoisotopic (exact) mass is 203 g/mol. The van der Waals surface area contributed by atoms with E-state index in [2.05, 4.69) is 0 Å². The summed E-state index contributed by atoms with van der Waals surface area (Å²) in [6, 6.07) is 5.28. The van der Waals surface area contributed by atoms with E-state index < -0.39 is 5.97 Å². The average molecular weight is 203 g/mol. The summed E-state index contributed by atoms with van der Waals surface area (Å²) in [5.74, 6) is -1.09. The minimum absolute atomic E-state index is 0.312. The first-order chi connectivity index (χ1) is 7.20. The summed E-state index contributed by atoms with van der Waals surface area (Å²) in [5.41, 5.74) is 2.16. The molecular weight excluding hydrogens is 188 g/mol. The molecule has 0 unspecified atom stereocenters. The molecule has 1 aromatic carbocycles. The van der Waals surface area contributed by atoms with Crippen molar-refractivity contribution in [2.75, 3.05) is 0 Å². The van der Waals surface area contributed by atoms with Gasteiger partial charge in [0.25, 0.3) is 0 Å². The zero-order chi connectivity index (χ0) is 11.3. The van der Waals surface area contributed by atoms with Crippen LogP contribution in [0.5, 0.6) is 0 Å². The Morgan fingerprint density at radius 3 is 2.67 bits per heavy atom. The van der Waals surface area contributed by atoms with E-state index in [1.807, 2.05) is 32.1 Å². The van der Waals surface area contributed by atoms with Gasteiger partial charge < -0.3 is 0 Å². The molecular formula is C13H15O2. The van der Waals surface area contributed by atoms with Crippen LogP contribution >= 0.6 is 0 Å². The zero-order valence-electron chi connectivity index (χ0n) is 9.12. The lowest BCUT2D eigenvalue weighted by Crippen LogP contribution is -2.02. The molecule has 0 saturated heterocycles. The van der Waals surface area contributed by atoms with Crippen LogP contribution in [-0.4, -0.2) is 5.97 Å². The average Bonchev–Trinajstić information content (AvgIpc) is 2.21. The van der Waals surface area contributed by atoms with Crippen molar-refractivity contribution in [3.63, 3.8) is 0 Å². The van der Waals surface area contributed by atoms with Crippen LogP contribution in [0.2, 0.25) is 0 Å². The zero-order valence-corrected chi connectivity index (χ0v) is 9.12. The third kappa shape index (κ3) is 2.69. The van der Waals surface area contributed by atoms with Gasteiger partial charge in [0.1, 0.15) is 0 Å². The Labute approximate surface area is 90.3 Å². The highest BCUT2D eigenvalue weighted by atomic mass is 16.4. The summed E-state index contributed by atoms with van der Waals surface area (Å²) >= 11 is 0. The molecule has 0 atom stereocenters. The highest BCUT2D eigenvalue weighted by Crippen LogP contribution is 2.18. The molecule has 1 radical (unpaired) electrons. The molecule has 0 saturated carbocycles. The predicted molar refractivity (Wildman–Crippen MR) is 60.2 cm³/mol. The Kier molecular flexibility index (Phi) is 4.10. The second kappa shape index (κ2) is 5.35. The number of allylic oxidation sites excluding steroid dienone is 1. The summed E-state index contributed by atoms with van der Waals surface area (Å²) in [6.07, 6.45) is 5.53. The van der Waals surface area contributed by atoms with Gasteiger partial charge in [-0.25, -0.2) is 9.90 Å². The SMILES string of the molecule is C/C=C/c1cccc(C([O])=O)c1CCC. The fourth-order valence-corrected chi connectivity index (χ4v) is 1.66. The van der Waals surface area contributed by atoms with E-state index in [-0.39, 0.29) is 0 Å². The second-order valence-electron chi connectivity index (χ2n) is 3.41.